The molecule has 1 aliphatic rings. The highest BCUT2D eigenvalue weighted by Gasteiger charge is 2.38. The first kappa shape index (κ1) is 20.5. The van der Waals surface area contributed by atoms with E-state index >= 15 is 0 Å². The van der Waals surface area contributed by atoms with E-state index in [1.54, 1.807) is 54.6 Å². The molecular formula is C20H17Cl2N3O2S. The lowest BCUT2D eigenvalue weighted by atomic mass is 10.2. The summed E-state index contributed by atoms with van der Waals surface area (Å²) in [6.07, 6.45) is 1.66. The highest BCUT2D eigenvalue weighted by molar-refractivity contribution is 8.15. The van der Waals surface area contributed by atoms with Crippen LogP contribution in [0.25, 0.3) is 0 Å². The molecule has 8 heteroatoms. The maximum atomic E-state index is 12.7. The quantitative estimate of drug-likeness (QED) is 0.641. The van der Waals surface area contributed by atoms with Crippen LogP contribution in [0, 0.1) is 0 Å². The fourth-order valence-electron chi connectivity index (χ4n) is 2.59. The number of thioether (sulfide) groups is 1. The number of hydrogen-bond donors (Lipinski definition) is 1. The van der Waals surface area contributed by atoms with E-state index < -0.39 is 5.25 Å². The van der Waals surface area contributed by atoms with Gasteiger partial charge in [0.05, 0.1) is 5.69 Å². The summed E-state index contributed by atoms with van der Waals surface area (Å²) in [7, 11) is 0. The van der Waals surface area contributed by atoms with Crippen molar-refractivity contribution in [3.63, 3.8) is 0 Å². The second kappa shape index (κ2) is 9.28. The molecule has 1 heterocycles. The van der Waals surface area contributed by atoms with Gasteiger partial charge in [-0.05, 0) is 42.5 Å². The number of aliphatic imine (C=N–C) groups is 1. The molecule has 2 aromatic rings. The van der Waals surface area contributed by atoms with Gasteiger partial charge in [0.25, 0.3) is 0 Å². The number of amidine groups is 1. The zero-order valence-corrected chi connectivity index (χ0v) is 17.1. The molecular weight excluding hydrogens is 417 g/mol. The topological polar surface area (TPSA) is 61.8 Å². The van der Waals surface area contributed by atoms with Gasteiger partial charge in [0.2, 0.25) is 11.8 Å². The van der Waals surface area contributed by atoms with Crippen molar-refractivity contribution in [2.24, 2.45) is 4.99 Å². The molecule has 1 unspecified atom stereocenters. The van der Waals surface area contributed by atoms with Crippen LogP contribution in [-0.2, 0) is 9.59 Å². The molecule has 1 fully saturated rings. The van der Waals surface area contributed by atoms with Gasteiger partial charge in [-0.3, -0.25) is 14.5 Å². The monoisotopic (exact) mass is 433 g/mol. The van der Waals surface area contributed by atoms with E-state index in [4.69, 9.17) is 23.2 Å². The van der Waals surface area contributed by atoms with Gasteiger partial charge in [-0.2, -0.15) is 0 Å². The Morgan fingerprint density at radius 2 is 1.96 bits per heavy atom. The van der Waals surface area contributed by atoms with Crippen LogP contribution in [0.4, 0.5) is 11.4 Å². The molecule has 0 saturated carbocycles. The van der Waals surface area contributed by atoms with Crippen molar-refractivity contribution in [3.05, 3.63) is 71.2 Å². The van der Waals surface area contributed by atoms with Crippen molar-refractivity contribution < 1.29 is 9.59 Å². The average Bonchev–Trinajstić information content (AvgIpc) is 2.93. The van der Waals surface area contributed by atoms with E-state index in [1.165, 1.54) is 16.7 Å². The van der Waals surface area contributed by atoms with Gasteiger partial charge in [0.15, 0.2) is 5.17 Å². The summed E-state index contributed by atoms with van der Waals surface area (Å²) in [5.74, 6) is -0.423. The van der Waals surface area contributed by atoms with Crippen molar-refractivity contribution >= 4 is 63.3 Å². The van der Waals surface area contributed by atoms with E-state index in [9.17, 15) is 9.59 Å². The van der Waals surface area contributed by atoms with E-state index in [0.717, 1.165) is 0 Å². The van der Waals surface area contributed by atoms with Gasteiger partial charge >= 0.3 is 0 Å². The molecule has 0 aromatic heterocycles. The number of rotatable bonds is 6. The third-order valence-electron chi connectivity index (χ3n) is 3.86. The summed E-state index contributed by atoms with van der Waals surface area (Å²) < 4.78 is 0. The zero-order valence-electron chi connectivity index (χ0n) is 14.8. The van der Waals surface area contributed by atoms with E-state index in [-0.39, 0.29) is 18.2 Å². The second-order valence-corrected chi connectivity index (χ2v) is 8.02. The molecule has 3 rings (SSSR count). The lowest BCUT2D eigenvalue weighted by Crippen LogP contribution is -2.33. The maximum Gasteiger partial charge on any atom is 0.242 e. The van der Waals surface area contributed by atoms with E-state index in [1.807, 2.05) is 0 Å². The first-order chi connectivity index (χ1) is 13.5. The molecule has 1 aliphatic heterocycles. The molecule has 2 aromatic carbocycles. The fraction of sp³-hybridized carbons (Fsp3) is 0.150. The molecule has 0 spiro atoms. The first-order valence-corrected chi connectivity index (χ1v) is 10.1. The number of carbonyl (C=O) groups excluding carboxylic acids is 2. The normalized spacial score (nSPS) is 17.8. The molecule has 5 nitrogen and oxygen atoms in total. The smallest absolute Gasteiger partial charge is 0.242 e. The third kappa shape index (κ3) is 5.16. The fourth-order valence-corrected chi connectivity index (χ4v) is 4.07. The average molecular weight is 434 g/mol. The van der Waals surface area contributed by atoms with Crippen LogP contribution in [0.3, 0.4) is 0 Å². The van der Waals surface area contributed by atoms with Crippen LogP contribution in [0.1, 0.15) is 6.42 Å². The molecule has 0 radical (unpaired) electrons. The number of nitrogens with zero attached hydrogens (tertiary/aromatic N) is 2. The highest BCUT2D eigenvalue weighted by Crippen LogP contribution is 2.32. The summed E-state index contributed by atoms with van der Waals surface area (Å²) >= 11 is 13.1. The van der Waals surface area contributed by atoms with Gasteiger partial charge in [-0.25, -0.2) is 4.99 Å². The number of nitrogens with one attached hydrogen (secondary N) is 1. The molecule has 0 bridgehead atoms. The summed E-state index contributed by atoms with van der Waals surface area (Å²) in [4.78, 5) is 31.2. The van der Waals surface area contributed by atoms with Crippen LogP contribution >= 0.6 is 35.0 Å². The van der Waals surface area contributed by atoms with E-state index in [0.29, 0.717) is 33.1 Å². The van der Waals surface area contributed by atoms with Crippen molar-refractivity contribution in [2.45, 2.75) is 11.7 Å². The standard InChI is InChI=1S/C20H17Cl2N3O2S/c1-2-10-25-19(27)17(12-18(26)23-15-8-6-13(21)7-9-15)28-20(25)24-16-5-3-4-14(22)11-16/h2-9,11,17H,1,10,12H2,(H,23,26). The minimum atomic E-state index is -0.551. The Hall–Kier alpha value is -2.28. The van der Waals surface area contributed by atoms with Gasteiger partial charge in [0.1, 0.15) is 5.25 Å². The Bertz CT molecular complexity index is 931. The number of anilines is 1. The first-order valence-electron chi connectivity index (χ1n) is 8.45. The van der Waals surface area contributed by atoms with Crippen molar-refractivity contribution in [3.8, 4) is 0 Å². The zero-order chi connectivity index (χ0) is 20.1. The largest absolute Gasteiger partial charge is 0.326 e. The molecule has 2 amide bonds. The van der Waals surface area contributed by atoms with E-state index in [2.05, 4.69) is 16.9 Å². The number of benzene rings is 2. The Kier molecular flexibility index (Phi) is 6.78. The Morgan fingerprint density at radius 1 is 1.21 bits per heavy atom. The number of hydrogen-bond acceptors (Lipinski definition) is 4. The van der Waals surface area contributed by atoms with Crippen LogP contribution in [0.5, 0.6) is 0 Å². The van der Waals surface area contributed by atoms with Gasteiger partial charge < -0.3 is 5.32 Å². The van der Waals surface area contributed by atoms with Crippen molar-refractivity contribution in [2.75, 3.05) is 11.9 Å². The van der Waals surface area contributed by atoms with Gasteiger partial charge in [-0.15, -0.1) is 6.58 Å². The van der Waals surface area contributed by atoms with Crippen LogP contribution in [-0.4, -0.2) is 33.7 Å². The van der Waals surface area contributed by atoms with Crippen molar-refractivity contribution in [1.82, 2.24) is 4.90 Å². The summed E-state index contributed by atoms with van der Waals surface area (Å²) in [5.41, 5.74) is 1.27. The Balaban J connectivity index is 1.73. The maximum absolute atomic E-state index is 12.7. The number of halogens is 2. The molecule has 0 aliphatic carbocycles. The second-order valence-electron chi connectivity index (χ2n) is 5.98. The van der Waals surface area contributed by atoms with Gasteiger partial charge in [0, 0.05) is 28.7 Å². The third-order valence-corrected chi connectivity index (χ3v) is 5.53. The summed E-state index contributed by atoms with van der Waals surface area (Å²) in [6, 6.07) is 13.9. The predicted molar refractivity (Wildman–Crippen MR) is 117 cm³/mol. The minimum absolute atomic E-state index is 0.0360. The van der Waals surface area contributed by atoms with Gasteiger partial charge in [-0.1, -0.05) is 47.1 Å². The molecule has 1 atom stereocenters. The summed E-state index contributed by atoms with van der Waals surface area (Å²) in [5, 5.41) is 3.90. The van der Waals surface area contributed by atoms with Crippen LogP contribution < -0.4 is 5.32 Å². The summed E-state index contributed by atoms with van der Waals surface area (Å²) in [6.45, 7) is 4.01. The molecule has 28 heavy (non-hydrogen) atoms. The number of amides is 2. The van der Waals surface area contributed by atoms with Crippen LogP contribution in [0.2, 0.25) is 10.0 Å². The predicted octanol–water partition coefficient (Wildman–Crippen LogP) is 5.14. The lowest BCUT2D eigenvalue weighted by Gasteiger charge is -2.13. The molecule has 144 valence electrons. The highest BCUT2D eigenvalue weighted by atomic mass is 35.5. The van der Waals surface area contributed by atoms with Crippen LogP contribution in [0.15, 0.2) is 66.2 Å². The SMILES string of the molecule is C=CCN1C(=O)C(CC(=O)Nc2ccc(Cl)cc2)SC1=Nc1cccc(Cl)c1. The Labute approximate surface area is 177 Å². The molecule has 1 N–H and O–H groups in total. The number of carbonyl (C=O) groups is 2. The lowest BCUT2D eigenvalue weighted by molar-refractivity contribution is -0.127. The minimum Gasteiger partial charge on any atom is -0.326 e. The Morgan fingerprint density at radius 3 is 2.64 bits per heavy atom. The molecule has 1 saturated heterocycles. The van der Waals surface area contributed by atoms with Crippen molar-refractivity contribution in [1.29, 1.82) is 0 Å².